The molecule has 4 amide bonds. The Morgan fingerprint density at radius 2 is 1.68 bits per heavy atom. The smallest absolute Gasteiger partial charge is 0.333 e. The molecule has 2 aliphatic heterocycles. The van der Waals surface area contributed by atoms with E-state index in [0.29, 0.717) is 37.3 Å². The standard InChI is InChI=1S/C16H17N2O6.Na/c19-12-5-6-13(20)17(12)9-10-1-3-11(4-2-10)16(23)24-18-14(21)7-8-15(18)22;/h5-7,10-11H,1-4,8-9H2;/q-1;+1. The second kappa shape index (κ2) is 8.16. The molecule has 0 spiro atoms. The fraction of sp³-hybridized carbons (Fsp3) is 0.500. The molecule has 0 atom stereocenters. The Hall–Kier alpha value is -1.64. The first kappa shape index (κ1) is 19.7. The second-order valence-corrected chi connectivity index (χ2v) is 6.18. The number of imide groups is 2. The average Bonchev–Trinajstić information content (AvgIpc) is 3.05. The second-order valence-electron chi connectivity index (χ2n) is 6.18. The van der Waals surface area contributed by atoms with Crippen molar-refractivity contribution in [3.05, 3.63) is 18.6 Å². The maximum absolute atomic E-state index is 12.1. The van der Waals surface area contributed by atoms with Crippen LogP contribution >= 0.6 is 0 Å². The molecule has 0 radical (unpaired) electrons. The maximum Gasteiger partial charge on any atom is 1.00 e. The van der Waals surface area contributed by atoms with Crippen LogP contribution in [0.3, 0.4) is 0 Å². The van der Waals surface area contributed by atoms with Gasteiger partial charge in [-0.15, -0.1) is 5.06 Å². The third-order valence-corrected chi connectivity index (χ3v) is 4.58. The van der Waals surface area contributed by atoms with Gasteiger partial charge in [0.1, 0.15) is 5.91 Å². The molecule has 0 unspecified atom stereocenters. The number of hydroxylamine groups is 2. The van der Waals surface area contributed by atoms with Crippen LogP contribution in [0.15, 0.2) is 12.2 Å². The van der Waals surface area contributed by atoms with Crippen LogP contribution in [0.5, 0.6) is 0 Å². The van der Waals surface area contributed by atoms with E-state index in [-0.39, 0.29) is 59.6 Å². The molecule has 0 N–H and O–H groups in total. The van der Waals surface area contributed by atoms with E-state index in [4.69, 9.17) is 4.84 Å². The van der Waals surface area contributed by atoms with Crippen LogP contribution in [0.25, 0.3) is 0 Å². The number of hydrogen-bond donors (Lipinski definition) is 0. The summed E-state index contributed by atoms with van der Waals surface area (Å²) in [5.41, 5.74) is 0. The minimum Gasteiger partial charge on any atom is -0.333 e. The Morgan fingerprint density at radius 3 is 2.20 bits per heavy atom. The molecule has 9 heteroatoms. The number of rotatable bonds is 4. The van der Waals surface area contributed by atoms with E-state index < -0.39 is 17.8 Å². The minimum atomic E-state index is -0.611. The molecular weight excluding hydrogens is 339 g/mol. The number of nitrogens with zero attached hydrogens (tertiary/aromatic N) is 2. The molecule has 0 aromatic carbocycles. The zero-order valence-corrected chi connectivity index (χ0v) is 16.0. The molecule has 3 rings (SSSR count). The van der Waals surface area contributed by atoms with Gasteiger partial charge in [-0.25, -0.2) is 4.79 Å². The van der Waals surface area contributed by atoms with Crippen molar-refractivity contribution >= 4 is 29.6 Å². The summed E-state index contributed by atoms with van der Waals surface area (Å²) in [4.78, 5) is 64.2. The Balaban J connectivity index is 0.00000225. The van der Waals surface area contributed by atoms with Crippen molar-refractivity contribution in [1.29, 1.82) is 0 Å². The fourth-order valence-corrected chi connectivity index (χ4v) is 3.17. The summed E-state index contributed by atoms with van der Waals surface area (Å²) in [6, 6.07) is 0. The molecule has 2 heterocycles. The molecule has 1 saturated carbocycles. The largest absolute Gasteiger partial charge is 1.00 e. The quantitative estimate of drug-likeness (QED) is 0.305. The summed E-state index contributed by atoms with van der Waals surface area (Å²) in [5.74, 6) is -2.58. The maximum atomic E-state index is 12.1. The molecular formula is C16H17N2NaO6. The van der Waals surface area contributed by atoms with Gasteiger partial charge in [0.15, 0.2) is 0 Å². The van der Waals surface area contributed by atoms with Crippen molar-refractivity contribution in [2.45, 2.75) is 32.1 Å². The third-order valence-electron chi connectivity index (χ3n) is 4.58. The van der Waals surface area contributed by atoms with Crippen molar-refractivity contribution in [1.82, 2.24) is 9.96 Å². The summed E-state index contributed by atoms with van der Waals surface area (Å²) in [5, 5.41) is 0.516. The van der Waals surface area contributed by atoms with Crippen molar-refractivity contribution in [2.75, 3.05) is 6.54 Å². The van der Waals surface area contributed by atoms with Gasteiger partial charge in [0.25, 0.3) is 11.8 Å². The molecule has 3 aliphatic rings. The van der Waals surface area contributed by atoms with E-state index in [1.807, 2.05) is 0 Å². The molecule has 1 saturated heterocycles. The summed E-state index contributed by atoms with van der Waals surface area (Å²) < 4.78 is 0. The summed E-state index contributed by atoms with van der Waals surface area (Å²) in [6.07, 6.45) is 6.05. The first-order chi connectivity index (χ1) is 11.5. The Kier molecular flexibility index (Phi) is 6.42. The van der Waals surface area contributed by atoms with Crippen molar-refractivity contribution in [3.8, 4) is 0 Å². The van der Waals surface area contributed by atoms with Crippen LogP contribution in [-0.2, 0) is 28.8 Å². The number of carbonyl (C=O) groups is 5. The molecule has 0 aromatic rings. The van der Waals surface area contributed by atoms with Crippen LogP contribution in [-0.4, -0.2) is 46.1 Å². The van der Waals surface area contributed by atoms with Gasteiger partial charge in [0.05, 0.1) is 5.92 Å². The number of hydrogen-bond acceptors (Lipinski definition) is 6. The van der Waals surface area contributed by atoms with Crippen molar-refractivity contribution in [2.24, 2.45) is 11.8 Å². The van der Waals surface area contributed by atoms with E-state index in [9.17, 15) is 24.0 Å². The Bertz CT molecular complexity index is 605. The van der Waals surface area contributed by atoms with Crippen LogP contribution in [0.4, 0.5) is 0 Å². The van der Waals surface area contributed by atoms with Gasteiger partial charge in [0, 0.05) is 18.7 Å². The number of amides is 4. The first-order valence-electron chi connectivity index (χ1n) is 7.91. The van der Waals surface area contributed by atoms with E-state index in [0.717, 1.165) is 0 Å². The average molecular weight is 356 g/mol. The zero-order chi connectivity index (χ0) is 17.3. The predicted molar refractivity (Wildman–Crippen MR) is 78.2 cm³/mol. The Labute approximate surface area is 166 Å². The van der Waals surface area contributed by atoms with Gasteiger partial charge in [-0.05, 0) is 31.6 Å². The van der Waals surface area contributed by atoms with E-state index in [2.05, 4.69) is 0 Å². The molecule has 2 fully saturated rings. The van der Waals surface area contributed by atoms with E-state index >= 15 is 0 Å². The fourth-order valence-electron chi connectivity index (χ4n) is 3.17. The van der Waals surface area contributed by atoms with Crippen LogP contribution in [0, 0.1) is 18.3 Å². The van der Waals surface area contributed by atoms with Crippen LogP contribution in [0.1, 0.15) is 32.1 Å². The van der Waals surface area contributed by atoms with Crippen molar-refractivity contribution < 1.29 is 58.4 Å². The summed E-state index contributed by atoms with van der Waals surface area (Å²) >= 11 is 0. The van der Waals surface area contributed by atoms with Gasteiger partial charge in [-0.3, -0.25) is 25.7 Å². The SMILES string of the molecule is O=C(ON1C(=O)[CH-]CC1=O)C1CCC(CN2C(=O)C=CC2=O)CC1.[Na+]. The summed E-state index contributed by atoms with van der Waals surface area (Å²) in [7, 11) is 0. The number of carbonyl (C=O) groups excluding carboxylic acids is 5. The van der Waals surface area contributed by atoms with Gasteiger partial charge in [-0.2, -0.15) is 0 Å². The molecule has 1 aliphatic carbocycles. The molecule has 0 bridgehead atoms. The van der Waals surface area contributed by atoms with Crippen LogP contribution in [0.2, 0.25) is 0 Å². The third kappa shape index (κ3) is 4.31. The molecule has 0 aromatic heterocycles. The van der Waals surface area contributed by atoms with Gasteiger partial charge in [0.2, 0.25) is 5.91 Å². The normalized spacial score (nSPS) is 25.9. The minimum absolute atomic E-state index is 0. The monoisotopic (exact) mass is 356 g/mol. The predicted octanol–water partition coefficient (Wildman–Crippen LogP) is -2.86. The summed E-state index contributed by atoms with van der Waals surface area (Å²) in [6.45, 7) is 0.352. The molecule has 128 valence electrons. The molecule has 8 nitrogen and oxygen atoms in total. The van der Waals surface area contributed by atoms with Crippen LogP contribution < -0.4 is 29.6 Å². The van der Waals surface area contributed by atoms with E-state index in [1.54, 1.807) is 0 Å². The van der Waals surface area contributed by atoms with Gasteiger partial charge >= 0.3 is 35.5 Å². The topological polar surface area (TPSA) is 101 Å². The van der Waals surface area contributed by atoms with Gasteiger partial charge in [-0.1, -0.05) is 6.42 Å². The van der Waals surface area contributed by atoms with Crippen molar-refractivity contribution in [3.63, 3.8) is 0 Å². The zero-order valence-electron chi connectivity index (χ0n) is 14.0. The van der Waals surface area contributed by atoms with E-state index in [1.165, 1.54) is 23.5 Å². The Morgan fingerprint density at radius 1 is 1.08 bits per heavy atom. The van der Waals surface area contributed by atoms with Gasteiger partial charge < -0.3 is 9.63 Å². The molecule has 25 heavy (non-hydrogen) atoms. The first-order valence-corrected chi connectivity index (χ1v) is 7.91.